The van der Waals surface area contributed by atoms with E-state index in [4.69, 9.17) is 14.2 Å². The van der Waals surface area contributed by atoms with Crippen LogP contribution in [0.5, 0.6) is 5.75 Å². The van der Waals surface area contributed by atoms with Gasteiger partial charge in [-0.15, -0.1) is 0 Å². The second-order valence-corrected chi connectivity index (χ2v) is 10.2. The maximum Gasteiger partial charge on any atom is 0.324 e. The van der Waals surface area contributed by atoms with Crippen LogP contribution in [0, 0.1) is 11.3 Å². The Bertz CT molecular complexity index is 1500. The fraction of sp³-hybridized carbons (Fsp3) is 0.229. The van der Waals surface area contributed by atoms with E-state index in [-0.39, 0.29) is 24.9 Å². The second kappa shape index (κ2) is 12.6. The second-order valence-electron chi connectivity index (χ2n) is 10.2. The van der Waals surface area contributed by atoms with Crippen LogP contribution in [0.3, 0.4) is 0 Å². The van der Waals surface area contributed by atoms with E-state index >= 15 is 0 Å². The summed E-state index contributed by atoms with van der Waals surface area (Å²) >= 11 is 0. The van der Waals surface area contributed by atoms with Crippen LogP contribution in [0.1, 0.15) is 41.3 Å². The van der Waals surface area contributed by atoms with Crippen LogP contribution < -0.4 is 4.74 Å². The Hall–Kier alpha value is -4.71. The van der Waals surface area contributed by atoms with Gasteiger partial charge in [0.1, 0.15) is 19.0 Å². The normalized spacial score (nSPS) is 15.4. The summed E-state index contributed by atoms with van der Waals surface area (Å²) in [5, 5.41) is 1.88. The molecule has 0 spiro atoms. The Morgan fingerprint density at radius 1 is 0.780 bits per heavy atom. The van der Waals surface area contributed by atoms with Crippen molar-refractivity contribution in [2.75, 3.05) is 6.61 Å². The standard InChI is InChI=1S/C35H32O6/c1-25(36)30-20-19-28-16-8-9-18-31(28)32(30)39-21-11-10-17-29-22-35(29,33(37)40-23-26-12-4-2-5-13-26)34(38)41-24-27-14-6-3-7-15-27/h2-10,12-20,29H,11,21-24H2,1H3/b17-10+. The summed E-state index contributed by atoms with van der Waals surface area (Å²) in [5.74, 6) is -0.982. The quantitative estimate of drug-likeness (QED) is 0.0633. The van der Waals surface area contributed by atoms with Crippen molar-refractivity contribution in [2.24, 2.45) is 11.3 Å². The average Bonchev–Trinajstić information content (AvgIpc) is 3.74. The minimum atomic E-state index is -1.36. The molecule has 0 aromatic heterocycles. The molecule has 1 atom stereocenters. The predicted octanol–water partition coefficient (Wildman–Crippen LogP) is 6.86. The van der Waals surface area contributed by atoms with Crippen molar-refractivity contribution in [3.63, 3.8) is 0 Å². The molecule has 0 radical (unpaired) electrons. The fourth-order valence-corrected chi connectivity index (χ4v) is 4.94. The molecule has 5 rings (SSSR count). The van der Waals surface area contributed by atoms with Gasteiger partial charge >= 0.3 is 11.9 Å². The van der Waals surface area contributed by atoms with Gasteiger partial charge in [-0.2, -0.15) is 0 Å². The topological polar surface area (TPSA) is 78.9 Å². The van der Waals surface area contributed by atoms with Crippen LogP contribution in [-0.2, 0) is 32.3 Å². The monoisotopic (exact) mass is 548 g/mol. The Balaban J connectivity index is 1.24. The molecule has 1 saturated carbocycles. The maximum absolute atomic E-state index is 13.2. The van der Waals surface area contributed by atoms with Crippen LogP contribution in [0.25, 0.3) is 10.8 Å². The molecule has 1 aliphatic rings. The highest BCUT2D eigenvalue weighted by atomic mass is 16.6. The third-order valence-corrected chi connectivity index (χ3v) is 7.33. The first-order valence-electron chi connectivity index (χ1n) is 13.7. The number of allylic oxidation sites excluding steroid dienone is 1. The number of rotatable bonds is 12. The molecule has 0 saturated heterocycles. The molecule has 0 bridgehead atoms. The van der Waals surface area contributed by atoms with E-state index in [1.807, 2.05) is 103 Å². The number of ketones is 1. The highest BCUT2D eigenvalue weighted by molar-refractivity contribution is 6.04. The molecule has 208 valence electrons. The molecular formula is C35H32O6. The lowest BCUT2D eigenvalue weighted by atomic mass is 10.0. The lowest BCUT2D eigenvalue weighted by Crippen LogP contribution is -2.31. The number of benzene rings is 4. The molecular weight excluding hydrogens is 516 g/mol. The molecule has 1 unspecified atom stereocenters. The van der Waals surface area contributed by atoms with Gasteiger partial charge in [-0.1, -0.05) is 103 Å². The van der Waals surface area contributed by atoms with Gasteiger partial charge in [-0.25, -0.2) is 0 Å². The zero-order valence-corrected chi connectivity index (χ0v) is 23.0. The predicted molar refractivity (Wildman–Crippen MR) is 156 cm³/mol. The van der Waals surface area contributed by atoms with E-state index in [2.05, 4.69) is 0 Å². The van der Waals surface area contributed by atoms with E-state index in [1.54, 1.807) is 6.07 Å². The van der Waals surface area contributed by atoms with Gasteiger partial charge in [0.15, 0.2) is 11.2 Å². The molecule has 0 N–H and O–H groups in total. The van der Waals surface area contributed by atoms with Gasteiger partial charge < -0.3 is 14.2 Å². The molecule has 1 aliphatic carbocycles. The van der Waals surface area contributed by atoms with Crippen LogP contribution in [0.4, 0.5) is 0 Å². The molecule has 1 fully saturated rings. The number of ether oxygens (including phenoxy) is 3. The van der Waals surface area contributed by atoms with E-state index in [1.165, 1.54) is 6.92 Å². The zero-order chi connectivity index (χ0) is 28.7. The number of fused-ring (bicyclic) bond motifs is 1. The average molecular weight is 549 g/mol. The largest absolute Gasteiger partial charge is 0.492 e. The molecule has 4 aromatic rings. The van der Waals surface area contributed by atoms with E-state index in [0.717, 1.165) is 21.9 Å². The smallest absolute Gasteiger partial charge is 0.324 e. The van der Waals surface area contributed by atoms with Crippen molar-refractivity contribution in [3.8, 4) is 5.75 Å². The van der Waals surface area contributed by atoms with E-state index in [9.17, 15) is 14.4 Å². The fourth-order valence-electron chi connectivity index (χ4n) is 4.94. The third-order valence-electron chi connectivity index (χ3n) is 7.33. The first-order valence-corrected chi connectivity index (χ1v) is 13.7. The first kappa shape index (κ1) is 27.8. The van der Waals surface area contributed by atoms with Gasteiger partial charge in [-0.05, 0) is 42.3 Å². The summed E-state index contributed by atoms with van der Waals surface area (Å²) in [5.41, 5.74) is 0.864. The van der Waals surface area contributed by atoms with Crippen molar-refractivity contribution in [1.29, 1.82) is 0 Å². The lowest BCUT2D eigenvalue weighted by molar-refractivity contribution is -0.166. The first-order chi connectivity index (χ1) is 20.0. The molecule has 4 aromatic carbocycles. The highest BCUT2D eigenvalue weighted by Gasteiger charge is 2.67. The van der Waals surface area contributed by atoms with Gasteiger partial charge in [0.25, 0.3) is 0 Å². The van der Waals surface area contributed by atoms with Crippen molar-refractivity contribution in [1.82, 2.24) is 0 Å². The summed E-state index contributed by atoms with van der Waals surface area (Å²) in [6.07, 6.45) is 4.63. The molecule has 41 heavy (non-hydrogen) atoms. The summed E-state index contributed by atoms with van der Waals surface area (Å²) < 4.78 is 17.3. The number of esters is 2. The number of carbonyl (C=O) groups excluding carboxylic acids is 3. The van der Waals surface area contributed by atoms with Crippen LogP contribution >= 0.6 is 0 Å². The SMILES string of the molecule is CC(=O)c1ccc2ccccc2c1OCC/C=C/C1CC1(C(=O)OCc1ccccc1)C(=O)OCc1ccccc1. The summed E-state index contributed by atoms with van der Waals surface area (Å²) in [4.78, 5) is 38.7. The van der Waals surface area contributed by atoms with Crippen molar-refractivity contribution >= 4 is 28.5 Å². The van der Waals surface area contributed by atoms with Gasteiger partial charge in [-0.3, -0.25) is 14.4 Å². The lowest BCUT2D eigenvalue weighted by Gasteiger charge is -2.15. The number of carbonyl (C=O) groups is 3. The zero-order valence-electron chi connectivity index (χ0n) is 23.0. The molecule has 6 heteroatoms. The van der Waals surface area contributed by atoms with E-state index < -0.39 is 17.4 Å². The Labute approximate surface area is 239 Å². The minimum absolute atomic E-state index is 0.0629. The molecule has 6 nitrogen and oxygen atoms in total. The van der Waals surface area contributed by atoms with Gasteiger partial charge in [0, 0.05) is 11.3 Å². The third kappa shape index (κ3) is 6.38. The van der Waals surface area contributed by atoms with Crippen molar-refractivity contribution in [2.45, 2.75) is 33.0 Å². The van der Waals surface area contributed by atoms with Crippen molar-refractivity contribution < 1.29 is 28.6 Å². The Morgan fingerprint density at radius 2 is 1.37 bits per heavy atom. The summed E-state index contributed by atoms with van der Waals surface area (Å²) in [7, 11) is 0. The number of hydrogen-bond acceptors (Lipinski definition) is 6. The minimum Gasteiger partial charge on any atom is -0.492 e. The summed E-state index contributed by atoms with van der Waals surface area (Å²) in [6, 6.07) is 30.2. The van der Waals surface area contributed by atoms with Crippen LogP contribution in [0.2, 0.25) is 0 Å². The van der Waals surface area contributed by atoms with Crippen molar-refractivity contribution in [3.05, 3.63) is 126 Å². The molecule has 0 amide bonds. The van der Waals surface area contributed by atoms with Crippen LogP contribution in [0.15, 0.2) is 109 Å². The van der Waals surface area contributed by atoms with Crippen LogP contribution in [-0.4, -0.2) is 24.3 Å². The number of hydrogen-bond donors (Lipinski definition) is 0. The molecule has 0 aliphatic heterocycles. The Kier molecular flexibility index (Phi) is 8.59. The van der Waals surface area contributed by atoms with Gasteiger partial charge in [0.05, 0.1) is 12.2 Å². The number of Topliss-reactive ketones (excluding diaryl/α,β-unsaturated/α-hetero) is 1. The van der Waals surface area contributed by atoms with E-state index in [0.29, 0.717) is 30.8 Å². The summed E-state index contributed by atoms with van der Waals surface area (Å²) in [6.45, 7) is 2.03. The Morgan fingerprint density at radius 3 is 1.98 bits per heavy atom. The maximum atomic E-state index is 13.2. The highest BCUT2D eigenvalue weighted by Crippen LogP contribution is 2.55. The van der Waals surface area contributed by atoms with Gasteiger partial charge in [0.2, 0.25) is 0 Å². The molecule has 0 heterocycles.